The molecule has 0 saturated carbocycles. The summed E-state index contributed by atoms with van der Waals surface area (Å²) < 4.78 is 9.95. The molecule has 1 aliphatic heterocycles. The summed E-state index contributed by atoms with van der Waals surface area (Å²) in [5, 5.41) is 12.2. The molecule has 8 heteroatoms. The molecule has 0 bridgehead atoms. The molecule has 0 spiro atoms. The van der Waals surface area contributed by atoms with Crippen molar-refractivity contribution in [1.82, 2.24) is 0 Å². The van der Waals surface area contributed by atoms with E-state index in [1.54, 1.807) is 39.0 Å². The normalized spacial score (nSPS) is 24.5. The quantitative estimate of drug-likeness (QED) is 0.448. The number of hydrogen-bond donors (Lipinski definition) is 0. The maximum Gasteiger partial charge on any atom is 0.405 e. The van der Waals surface area contributed by atoms with E-state index in [1.807, 2.05) is 0 Å². The van der Waals surface area contributed by atoms with Crippen LogP contribution in [0.4, 0.5) is 0 Å². The molecule has 0 saturated heterocycles. The molecule has 8 nitrogen and oxygen atoms in total. The number of nitrogens with zero attached hydrogens (tertiary/aromatic N) is 1. The Morgan fingerprint density at radius 2 is 1.92 bits per heavy atom. The number of ether oxygens (including phenoxy) is 2. The summed E-state index contributed by atoms with van der Waals surface area (Å²) >= 11 is 0. The Morgan fingerprint density at radius 1 is 1.28 bits per heavy atom. The Balaban J connectivity index is 2.20. The second-order valence-electron chi connectivity index (χ2n) is 6.81. The number of benzene rings is 1. The van der Waals surface area contributed by atoms with Crippen LogP contribution in [-0.2, 0) is 23.9 Å². The van der Waals surface area contributed by atoms with Crippen LogP contribution in [0.25, 0.3) is 0 Å². The molecule has 25 heavy (non-hydrogen) atoms. The van der Waals surface area contributed by atoms with Gasteiger partial charge in [0.05, 0.1) is 12.0 Å². The lowest BCUT2D eigenvalue weighted by Crippen LogP contribution is -2.51. The Morgan fingerprint density at radius 3 is 2.52 bits per heavy atom. The first-order valence-corrected chi connectivity index (χ1v) is 7.62. The molecule has 2 atom stereocenters. The van der Waals surface area contributed by atoms with Gasteiger partial charge in [-0.05, 0) is 26.3 Å². The van der Waals surface area contributed by atoms with Gasteiger partial charge in [-0.25, -0.2) is 9.59 Å². The van der Waals surface area contributed by atoms with Crippen LogP contribution >= 0.6 is 0 Å². The first kappa shape index (κ1) is 16.9. The minimum atomic E-state index is -2.26. The fourth-order valence-electron chi connectivity index (χ4n) is 3.12. The molecular weight excluding hydrogens is 330 g/mol. The van der Waals surface area contributed by atoms with Crippen LogP contribution in [0.2, 0.25) is 0 Å². The summed E-state index contributed by atoms with van der Waals surface area (Å²) in [4.78, 5) is 42.9. The summed E-state index contributed by atoms with van der Waals surface area (Å²) in [6.07, 6.45) is 0. The second-order valence-corrected chi connectivity index (χ2v) is 6.81. The van der Waals surface area contributed by atoms with Gasteiger partial charge in [-0.3, -0.25) is 10.0 Å². The average Bonchev–Trinajstić information content (AvgIpc) is 2.97. The number of rotatable bonds is 2. The van der Waals surface area contributed by atoms with Gasteiger partial charge < -0.3 is 14.3 Å². The molecule has 2 aliphatic rings. The molecule has 1 aliphatic carbocycles. The topological polar surface area (TPSA) is 105 Å². The highest BCUT2D eigenvalue weighted by Crippen LogP contribution is 2.48. The number of Topliss-reactive ketones (excluding diaryl/α,β-unsaturated/α-hetero) is 1. The van der Waals surface area contributed by atoms with Gasteiger partial charge in [0.1, 0.15) is 11.5 Å². The SMILES string of the molecule is COC(=O)C1=[N+]([O-])O[C@@]2(C(=O)OC(C)(C)C)C(=O)c3ccccc3[C@@H]12. The van der Waals surface area contributed by atoms with E-state index in [0.717, 1.165) is 7.11 Å². The van der Waals surface area contributed by atoms with Gasteiger partial charge in [-0.15, -0.1) is 0 Å². The van der Waals surface area contributed by atoms with Crippen LogP contribution in [0.3, 0.4) is 0 Å². The third-order valence-corrected chi connectivity index (χ3v) is 4.05. The van der Waals surface area contributed by atoms with E-state index in [-0.39, 0.29) is 10.5 Å². The highest BCUT2D eigenvalue weighted by atomic mass is 16.9. The molecule has 0 fully saturated rings. The fraction of sp³-hybridized carbons (Fsp3) is 0.412. The van der Waals surface area contributed by atoms with Crippen molar-refractivity contribution in [2.24, 2.45) is 0 Å². The lowest BCUT2D eigenvalue weighted by atomic mass is 9.84. The molecule has 132 valence electrons. The lowest BCUT2D eigenvalue weighted by Gasteiger charge is -2.29. The monoisotopic (exact) mass is 347 g/mol. The third kappa shape index (κ3) is 2.28. The molecule has 1 heterocycles. The zero-order valence-electron chi connectivity index (χ0n) is 14.2. The largest absolute Gasteiger partial charge is 0.461 e. The molecule has 0 N–H and O–H groups in total. The maximum absolute atomic E-state index is 13.0. The molecular formula is C17H17NO7. The number of fused-ring (bicyclic) bond motifs is 3. The predicted molar refractivity (Wildman–Crippen MR) is 83.8 cm³/mol. The van der Waals surface area contributed by atoms with Gasteiger partial charge in [0.2, 0.25) is 0 Å². The van der Waals surface area contributed by atoms with Crippen LogP contribution in [0, 0.1) is 5.21 Å². The van der Waals surface area contributed by atoms with E-state index in [9.17, 15) is 19.6 Å². The highest BCUT2D eigenvalue weighted by molar-refractivity contribution is 6.41. The Labute approximate surface area is 143 Å². The van der Waals surface area contributed by atoms with E-state index in [4.69, 9.17) is 9.57 Å². The van der Waals surface area contributed by atoms with E-state index < -0.39 is 40.6 Å². The third-order valence-electron chi connectivity index (χ3n) is 4.05. The standard InChI is InChI=1S/C17H17NO7/c1-16(2,3)24-15(21)17-11(12(14(20)23-4)18(22)25-17)9-7-5-6-8-10(9)13(17)19/h5-8,11H,1-4H3/t11-,17+/m0/s1. The number of ketones is 1. The predicted octanol–water partition coefficient (Wildman–Crippen LogP) is 1.12. The summed E-state index contributed by atoms with van der Waals surface area (Å²) in [6.45, 7) is 4.87. The van der Waals surface area contributed by atoms with Crippen molar-refractivity contribution in [2.75, 3.05) is 7.11 Å². The fourth-order valence-corrected chi connectivity index (χ4v) is 3.12. The number of hydrogen-bond acceptors (Lipinski definition) is 7. The van der Waals surface area contributed by atoms with Crippen molar-refractivity contribution in [3.05, 3.63) is 40.6 Å². The van der Waals surface area contributed by atoms with Crippen LogP contribution < -0.4 is 0 Å². The molecule has 0 amide bonds. The van der Waals surface area contributed by atoms with Crippen molar-refractivity contribution in [3.8, 4) is 0 Å². The van der Waals surface area contributed by atoms with E-state index in [2.05, 4.69) is 4.74 Å². The molecule has 1 aromatic carbocycles. The molecule has 0 radical (unpaired) electrons. The Bertz CT molecular complexity index is 821. The lowest BCUT2D eigenvalue weighted by molar-refractivity contribution is -0.743. The van der Waals surface area contributed by atoms with E-state index in [0.29, 0.717) is 5.56 Å². The van der Waals surface area contributed by atoms with Gasteiger partial charge in [0, 0.05) is 5.56 Å². The van der Waals surface area contributed by atoms with Crippen molar-refractivity contribution in [2.45, 2.75) is 37.9 Å². The Kier molecular flexibility index (Phi) is 3.59. The van der Waals surface area contributed by atoms with Crippen molar-refractivity contribution >= 4 is 23.4 Å². The van der Waals surface area contributed by atoms with Gasteiger partial charge in [0.15, 0.2) is 5.78 Å². The smallest absolute Gasteiger partial charge is 0.405 e. The molecule has 0 unspecified atom stereocenters. The summed E-state index contributed by atoms with van der Waals surface area (Å²) in [5.74, 6) is -3.95. The van der Waals surface area contributed by atoms with Crippen LogP contribution in [0.5, 0.6) is 0 Å². The summed E-state index contributed by atoms with van der Waals surface area (Å²) in [5.41, 5.74) is -3.10. The minimum Gasteiger partial charge on any atom is -0.461 e. The maximum atomic E-state index is 13.0. The number of carbonyl (C=O) groups excluding carboxylic acids is 3. The molecule has 0 aromatic heterocycles. The van der Waals surface area contributed by atoms with Gasteiger partial charge in [-0.2, -0.15) is 0 Å². The van der Waals surface area contributed by atoms with E-state index >= 15 is 0 Å². The summed E-state index contributed by atoms with van der Waals surface area (Å²) in [6, 6.07) is 6.33. The first-order valence-electron chi connectivity index (χ1n) is 7.62. The zero-order chi connectivity index (χ0) is 18.6. The van der Waals surface area contributed by atoms with Gasteiger partial charge in [-0.1, -0.05) is 24.3 Å². The average molecular weight is 347 g/mol. The number of carbonyl (C=O) groups is 3. The number of esters is 2. The Hall–Kier alpha value is -2.90. The van der Waals surface area contributed by atoms with Crippen LogP contribution in [0.15, 0.2) is 24.3 Å². The van der Waals surface area contributed by atoms with Gasteiger partial charge in [0.25, 0.3) is 5.60 Å². The highest BCUT2D eigenvalue weighted by Gasteiger charge is 2.70. The van der Waals surface area contributed by atoms with Crippen molar-refractivity contribution < 1.29 is 33.6 Å². The molecule has 1 aromatic rings. The van der Waals surface area contributed by atoms with Crippen molar-refractivity contribution in [3.63, 3.8) is 0 Å². The van der Waals surface area contributed by atoms with Crippen LogP contribution in [0.1, 0.15) is 42.6 Å². The van der Waals surface area contributed by atoms with Crippen LogP contribution in [-0.4, -0.2) is 46.6 Å². The van der Waals surface area contributed by atoms with Gasteiger partial charge >= 0.3 is 17.7 Å². The number of methoxy groups -OCH3 is 1. The first-order chi connectivity index (χ1) is 11.6. The van der Waals surface area contributed by atoms with E-state index in [1.165, 1.54) is 6.07 Å². The molecule has 3 rings (SSSR count). The zero-order valence-corrected chi connectivity index (χ0v) is 14.2. The second kappa shape index (κ2) is 5.30. The van der Waals surface area contributed by atoms with Crippen molar-refractivity contribution in [1.29, 1.82) is 0 Å². The summed E-state index contributed by atoms with van der Waals surface area (Å²) in [7, 11) is 1.10. The minimum absolute atomic E-state index is 0.117.